The molecule has 1 saturated heterocycles. The number of ether oxygens (including phenoxy) is 1. The van der Waals surface area contributed by atoms with E-state index in [9.17, 15) is 18.0 Å². The number of hydrogen-bond donors (Lipinski definition) is 4. The third-order valence-corrected chi connectivity index (χ3v) is 6.09. The molecular weight excluding hydrogens is 449 g/mol. The zero-order valence-electron chi connectivity index (χ0n) is 18.2. The molecule has 3 atom stereocenters. The molecule has 11 heteroatoms. The molecule has 0 aromatic heterocycles. The molecule has 4 heterocycles. The number of hydrogen-bond acceptors (Lipinski definition) is 7. The number of nitrogens with zero attached hydrogens (tertiary/aromatic N) is 2. The maximum atomic E-state index is 13.5. The van der Waals surface area contributed by atoms with Crippen molar-refractivity contribution < 1.29 is 22.7 Å². The Hall–Kier alpha value is -3.28. The molecule has 8 nitrogen and oxygen atoms in total. The second kappa shape index (κ2) is 9.16. The van der Waals surface area contributed by atoms with E-state index >= 15 is 0 Å². The molecule has 4 aliphatic rings. The molecule has 0 bridgehead atoms. The van der Waals surface area contributed by atoms with E-state index < -0.39 is 17.8 Å². The lowest BCUT2D eigenvalue weighted by Gasteiger charge is -2.35. The van der Waals surface area contributed by atoms with Gasteiger partial charge in [-0.05, 0) is 29.9 Å². The standard InChI is InChI=1S/C23H25F3N6O2/c24-23(25,26)17-4-2-1-3-16(17)18-6-8-21-28-14-19(32(21)30-18)22(33)29-15-5-7-20(27-13-15)31-9-11-34-12-10-31/h1-8,13-14,18,20-21,27-28,30H,9-12H2,(H,29,33). The van der Waals surface area contributed by atoms with Crippen molar-refractivity contribution in [2.45, 2.75) is 24.5 Å². The molecule has 4 aliphatic heterocycles. The van der Waals surface area contributed by atoms with Gasteiger partial charge in [-0.15, -0.1) is 0 Å². The van der Waals surface area contributed by atoms with Gasteiger partial charge in [-0.2, -0.15) is 13.2 Å². The van der Waals surface area contributed by atoms with Gasteiger partial charge in [0.1, 0.15) is 11.9 Å². The Morgan fingerprint density at radius 1 is 1.03 bits per heavy atom. The molecule has 1 fully saturated rings. The summed E-state index contributed by atoms with van der Waals surface area (Å²) in [6.07, 6.45) is 5.66. The van der Waals surface area contributed by atoms with Crippen LogP contribution in [0.5, 0.6) is 0 Å². The van der Waals surface area contributed by atoms with Gasteiger partial charge in [-0.3, -0.25) is 14.7 Å². The van der Waals surface area contributed by atoms with E-state index in [0.717, 1.165) is 19.2 Å². The van der Waals surface area contributed by atoms with Gasteiger partial charge in [0.25, 0.3) is 5.91 Å². The SMILES string of the molecule is O=C(NC1=CNC(N2CCOCC2)C=C1)C1=CNC2C=CC(c3ccccc3C(F)(F)F)NN12. The summed E-state index contributed by atoms with van der Waals surface area (Å²) < 4.78 is 45.9. The maximum Gasteiger partial charge on any atom is 0.416 e. The lowest BCUT2D eigenvalue weighted by Crippen LogP contribution is -2.51. The number of halogens is 3. The van der Waals surface area contributed by atoms with Crippen molar-refractivity contribution in [3.63, 3.8) is 0 Å². The summed E-state index contributed by atoms with van der Waals surface area (Å²) in [6.45, 7) is 3.02. The quantitative estimate of drug-likeness (QED) is 0.495. The Labute approximate surface area is 194 Å². The van der Waals surface area contributed by atoms with Gasteiger partial charge < -0.3 is 20.7 Å². The summed E-state index contributed by atoms with van der Waals surface area (Å²) in [5.74, 6) is -0.386. The number of benzene rings is 1. The van der Waals surface area contributed by atoms with Crippen LogP contribution in [0.2, 0.25) is 0 Å². The largest absolute Gasteiger partial charge is 0.416 e. The first-order valence-corrected chi connectivity index (χ1v) is 11.0. The number of allylic oxidation sites excluding steroid dienone is 1. The van der Waals surface area contributed by atoms with E-state index in [1.54, 1.807) is 35.6 Å². The minimum atomic E-state index is -4.48. The molecule has 1 amide bonds. The summed E-state index contributed by atoms with van der Waals surface area (Å²) in [6, 6.07) is 4.68. The number of morpholine rings is 1. The average Bonchev–Trinajstić information content (AvgIpc) is 3.28. The van der Waals surface area contributed by atoms with Crippen LogP contribution < -0.4 is 21.4 Å². The summed E-state index contributed by atoms with van der Waals surface area (Å²) in [5, 5.41) is 10.7. The minimum Gasteiger partial charge on any atom is -0.379 e. The van der Waals surface area contributed by atoms with Crippen LogP contribution in [-0.2, 0) is 15.7 Å². The Balaban J connectivity index is 1.24. The number of carbonyl (C=O) groups is 1. The smallest absolute Gasteiger partial charge is 0.379 e. The van der Waals surface area contributed by atoms with E-state index in [2.05, 4.69) is 26.3 Å². The summed E-state index contributed by atoms with van der Waals surface area (Å²) in [5.41, 5.74) is 3.28. The Bertz CT molecular complexity index is 1060. The van der Waals surface area contributed by atoms with Gasteiger partial charge in [0.15, 0.2) is 0 Å². The molecule has 34 heavy (non-hydrogen) atoms. The normalized spacial score (nSPS) is 26.8. The van der Waals surface area contributed by atoms with Gasteiger partial charge in [0.05, 0.1) is 36.7 Å². The molecule has 0 saturated carbocycles. The molecule has 0 spiro atoms. The summed E-state index contributed by atoms with van der Waals surface area (Å²) in [7, 11) is 0. The Morgan fingerprint density at radius 3 is 2.53 bits per heavy atom. The van der Waals surface area contributed by atoms with Crippen molar-refractivity contribution >= 4 is 5.91 Å². The van der Waals surface area contributed by atoms with Gasteiger partial charge in [-0.25, -0.2) is 5.43 Å². The van der Waals surface area contributed by atoms with Gasteiger partial charge in [-0.1, -0.05) is 24.3 Å². The molecular formula is C23H25F3N6O2. The van der Waals surface area contributed by atoms with E-state index in [1.165, 1.54) is 12.1 Å². The van der Waals surface area contributed by atoms with Crippen molar-refractivity contribution in [2.24, 2.45) is 0 Å². The highest BCUT2D eigenvalue weighted by Gasteiger charge is 2.38. The molecule has 4 N–H and O–H groups in total. The van der Waals surface area contributed by atoms with E-state index in [4.69, 9.17) is 4.74 Å². The molecule has 3 unspecified atom stereocenters. The van der Waals surface area contributed by atoms with Crippen LogP contribution in [0.1, 0.15) is 17.2 Å². The number of alkyl halides is 3. The van der Waals surface area contributed by atoms with Crippen molar-refractivity contribution in [3.05, 3.63) is 83.5 Å². The van der Waals surface area contributed by atoms with E-state index in [0.29, 0.717) is 18.9 Å². The Kier molecular flexibility index (Phi) is 6.07. The predicted octanol–water partition coefficient (Wildman–Crippen LogP) is 1.67. The number of nitrogens with one attached hydrogen (secondary N) is 4. The van der Waals surface area contributed by atoms with Crippen LogP contribution >= 0.6 is 0 Å². The first-order chi connectivity index (χ1) is 16.4. The number of hydrazine groups is 1. The summed E-state index contributed by atoms with van der Waals surface area (Å²) >= 11 is 0. The number of rotatable bonds is 4. The Morgan fingerprint density at radius 2 is 1.79 bits per heavy atom. The van der Waals surface area contributed by atoms with Crippen molar-refractivity contribution in [3.8, 4) is 0 Å². The fraction of sp³-hybridized carbons (Fsp3) is 0.348. The second-order valence-electron chi connectivity index (χ2n) is 8.26. The van der Waals surface area contributed by atoms with Crippen LogP contribution in [0.4, 0.5) is 13.2 Å². The van der Waals surface area contributed by atoms with Gasteiger partial charge >= 0.3 is 6.18 Å². The molecule has 0 radical (unpaired) electrons. The number of fused-ring (bicyclic) bond motifs is 1. The van der Waals surface area contributed by atoms with Crippen LogP contribution in [-0.4, -0.2) is 54.5 Å². The van der Waals surface area contributed by atoms with Crippen LogP contribution in [0.3, 0.4) is 0 Å². The third-order valence-electron chi connectivity index (χ3n) is 6.09. The van der Waals surface area contributed by atoms with Gasteiger partial charge in [0.2, 0.25) is 0 Å². The minimum absolute atomic E-state index is 0.0321. The third kappa shape index (κ3) is 4.54. The highest BCUT2D eigenvalue weighted by atomic mass is 19.4. The van der Waals surface area contributed by atoms with Crippen molar-refractivity contribution in [2.75, 3.05) is 26.3 Å². The zero-order valence-corrected chi connectivity index (χ0v) is 18.2. The molecule has 1 aromatic carbocycles. The van der Waals surface area contributed by atoms with Crippen LogP contribution in [0.15, 0.2) is 72.4 Å². The average molecular weight is 474 g/mol. The van der Waals surface area contributed by atoms with Crippen LogP contribution in [0, 0.1) is 0 Å². The van der Waals surface area contributed by atoms with Crippen molar-refractivity contribution in [1.29, 1.82) is 0 Å². The fourth-order valence-corrected chi connectivity index (χ4v) is 4.36. The monoisotopic (exact) mass is 474 g/mol. The zero-order chi connectivity index (χ0) is 23.7. The molecule has 1 aromatic rings. The highest BCUT2D eigenvalue weighted by Crippen LogP contribution is 2.36. The lowest BCUT2D eigenvalue weighted by molar-refractivity contribution is -0.138. The number of dihydropyridines is 1. The van der Waals surface area contributed by atoms with Crippen LogP contribution in [0.25, 0.3) is 0 Å². The molecule has 5 rings (SSSR count). The predicted molar refractivity (Wildman–Crippen MR) is 118 cm³/mol. The molecule has 180 valence electrons. The summed E-state index contributed by atoms with van der Waals surface area (Å²) in [4.78, 5) is 15.2. The first kappa shape index (κ1) is 22.5. The fourth-order valence-electron chi connectivity index (χ4n) is 4.36. The molecule has 0 aliphatic carbocycles. The lowest BCUT2D eigenvalue weighted by atomic mass is 9.99. The van der Waals surface area contributed by atoms with E-state index in [-0.39, 0.29) is 29.5 Å². The maximum absolute atomic E-state index is 13.5. The highest BCUT2D eigenvalue weighted by molar-refractivity contribution is 5.94. The van der Waals surface area contributed by atoms with Crippen molar-refractivity contribution in [1.82, 2.24) is 31.3 Å². The topological polar surface area (TPSA) is 80.9 Å². The van der Waals surface area contributed by atoms with Gasteiger partial charge in [0, 0.05) is 25.5 Å². The van der Waals surface area contributed by atoms with E-state index in [1.807, 2.05) is 12.2 Å². The first-order valence-electron chi connectivity index (χ1n) is 11.0. The number of carbonyl (C=O) groups excluding carboxylic acids is 1. The number of amides is 1. The second-order valence-corrected chi connectivity index (χ2v) is 8.26.